The van der Waals surface area contributed by atoms with Gasteiger partial charge in [-0.05, 0) is 19.1 Å². The highest BCUT2D eigenvalue weighted by Crippen LogP contribution is 2.34. The number of fused-ring (bicyclic) bond motifs is 2. The van der Waals surface area contributed by atoms with Gasteiger partial charge in [-0.1, -0.05) is 12.1 Å². The van der Waals surface area contributed by atoms with Crippen LogP contribution in [0.2, 0.25) is 0 Å². The zero-order valence-electron chi connectivity index (χ0n) is 10.1. The van der Waals surface area contributed by atoms with Crippen molar-refractivity contribution in [1.29, 1.82) is 0 Å². The average Bonchev–Trinajstić information content (AvgIpc) is 2.39. The predicted octanol–water partition coefficient (Wildman–Crippen LogP) is 2.30. The maximum atomic E-state index is 12.2. The van der Waals surface area contributed by atoms with Crippen LogP contribution in [0.3, 0.4) is 0 Å². The van der Waals surface area contributed by atoms with E-state index in [1.165, 1.54) is 6.26 Å². The second-order valence-corrected chi connectivity index (χ2v) is 4.26. The lowest BCUT2D eigenvalue weighted by Gasteiger charge is -2.33. The molecule has 2 aliphatic heterocycles. The molecule has 4 heteroatoms. The Bertz CT molecular complexity index is 506. The third-order valence-corrected chi connectivity index (χ3v) is 3.12. The van der Waals surface area contributed by atoms with Crippen molar-refractivity contribution in [3.63, 3.8) is 0 Å². The zero-order valence-corrected chi connectivity index (χ0v) is 10.1. The van der Waals surface area contributed by atoms with Crippen molar-refractivity contribution in [3.8, 4) is 5.75 Å². The third-order valence-electron chi connectivity index (χ3n) is 3.12. The molecular weight excluding hydrogens is 232 g/mol. The maximum absolute atomic E-state index is 12.2. The van der Waals surface area contributed by atoms with Gasteiger partial charge in [-0.25, -0.2) is 0 Å². The average molecular weight is 246 g/mol. The lowest BCUT2D eigenvalue weighted by atomic mass is 9.93. The number of benzene rings is 1. The minimum absolute atomic E-state index is 0.0169. The number of para-hydroxylation sites is 1. The molecule has 18 heavy (non-hydrogen) atoms. The molecular formula is C14H14O4. The van der Waals surface area contributed by atoms with E-state index in [0.29, 0.717) is 29.9 Å². The van der Waals surface area contributed by atoms with E-state index in [1.54, 1.807) is 6.07 Å². The van der Waals surface area contributed by atoms with Crippen molar-refractivity contribution in [3.05, 3.63) is 41.7 Å². The number of Topliss-reactive ketones (excluding diaryl/α,β-unsaturated/α-hetero) is 1. The normalized spacial score (nSPS) is 25.4. The van der Waals surface area contributed by atoms with Gasteiger partial charge in [-0.3, -0.25) is 4.79 Å². The van der Waals surface area contributed by atoms with E-state index in [-0.39, 0.29) is 18.2 Å². The van der Waals surface area contributed by atoms with Gasteiger partial charge >= 0.3 is 0 Å². The Balaban J connectivity index is 1.91. The smallest absolute Gasteiger partial charge is 0.202 e. The van der Waals surface area contributed by atoms with Crippen LogP contribution in [-0.2, 0) is 9.47 Å². The molecule has 0 saturated carbocycles. The summed E-state index contributed by atoms with van der Waals surface area (Å²) >= 11 is 0. The minimum Gasteiger partial charge on any atom is -0.484 e. The molecule has 0 radical (unpaired) electrons. The topological polar surface area (TPSA) is 44.8 Å². The predicted molar refractivity (Wildman–Crippen MR) is 64.4 cm³/mol. The fourth-order valence-electron chi connectivity index (χ4n) is 2.25. The first-order valence-electron chi connectivity index (χ1n) is 6.07. The van der Waals surface area contributed by atoms with Crippen LogP contribution in [0.4, 0.5) is 0 Å². The van der Waals surface area contributed by atoms with Gasteiger partial charge in [0.15, 0.2) is 5.78 Å². The largest absolute Gasteiger partial charge is 0.484 e. The molecule has 0 aliphatic carbocycles. The monoisotopic (exact) mass is 246 g/mol. The molecule has 2 unspecified atom stereocenters. The number of hydrogen-bond donors (Lipinski definition) is 0. The van der Waals surface area contributed by atoms with Crippen LogP contribution in [0.15, 0.2) is 36.1 Å². The number of carbonyl (C=O) groups is 1. The summed E-state index contributed by atoms with van der Waals surface area (Å²) in [5, 5.41) is 0. The van der Waals surface area contributed by atoms with Crippen LogP contribution < -0.4 is 4.74 Å². The van der Waals surface area contributed by atoms with Gasteiger partial charge in [0, 0.05) is 6.61 Å². The minimum atomic E-state index is -0.332. The first-order chi connectivity index (χ1) is 8.79. The Morgan fingerprint density at radius 1 is 1.39 bits per heavy atom. The Hall–Kier alpha value is -1.81. The van der Waals surface area contributed by atoms with E-state index in [1.807, 2.05) is 25.1 Å². The molecule has 0 amide bonds. The third kappa shape index (κ3) is 1.78. The van der Waals surface area contributed by atoms with E-state index in [2.05, 4.69) is 0 Å². The SMILES string of the molecule is CCOC1CC2Oc3ccccc3C(=O)C2=CO1. The molecule has 1 aromatic carbocycles. The van der Waals surface area contributed by atoms with E-state index < -0.39 is 0 Å². The second kappa shape index (κ2) is 4.46. The fraction of sp³-hybridized carbons (Fsp3) is 0.357. The fourth-order valence-corrected chi connectivity index (χ4v) is 2.25. The van der Waals surface area contributed by atoms with Crippen molar-refractivity contribution in [2.75, 3.05) is 6.61 Å². The van der Waals surface area contributed by atoms with E-state index in [0.717, 1.165) is 0 Å². The molecule has 2 atom stereocenters. The van der Waals surface area contributed by atoms with Crippen LogP contribution >= 0.6 is 0 Å². The van der Waals surface area contributed by atoms with Crippen LogP contribution in [0, 0.1) is 0 Å². The van der Waals surface area contributed by atoms with Gasteiger partial charge < -0.3 is 14.2 Å². The quantitative estimate of drug-likeness (QED) is 0.803. The highest BCUT2D eigenvalue weighted by Gasteiger charge is 2.37. The van der Waals surface area contributed by atoms with Crippen LogP contribution in [-0.4, -0.2) is 24.8 Å². The molecule has 1 aromatic rings. The summed E-state index contributed by atoms with van der Waals surface area (Å²) in [6.07, 6.45) is 1.42. The number of hydrogen-bond acceptors (Lipinski definition) is 4. The molecule has 0 saturated heterocycles. The summed E-state index contributed by atoms with van der Waals surface area (Å²) in [5.41, 5.74) is 1.17. The Morgan fingerprint density at radius 2 is 2.22 bits per heavy atom. The van der Waals surface area contributed by atoms with Crippen LogP contribution in [0.5, 0.6) is 5.75 Å². The van der Waals surface area contributed by atoms with Gasteiger partial charge in [-0.2, -0.15) is 0 Å². The van der Waals surface area contributed by atoms with Gasteiger partial charge in [0.05, 0.1) is 23.8 Å². The lowest BCUT2D eigenvalue weighted by molar-refractivity contribution is -0.127. The second-order valence-electron chi connectivity index (χ2n) is 4.26. The zero-order chi connectivity index (χ0) is 12.5. The number of ketones is 1. The first-order valence-corrected chi connectivity index (χ1v) is 6.07. The molecule has 0 fully saturated rings. The van der Waals surface area contributed by atoms with Gasteiger partial charge in [0.1, 0.15) is 11.9 Å². The van der Waals surface area contributed by atoms with E-state index in [4.69, 9.17) is 14.2 Å². The Labute approximate surface area is 105 Å². The molecule has 4 nitrogen and oxygen atoms in total. The van der Waals surface area contributed by atoms with Crippen LogP contribution in [0.1, 0.15) is 23.7 Å². The molecule has 3 rings (SSSR count). The van der Waals surface area contributed by atoms with Crippen molar-refractivity contribution in [1.82, 2.24) is 0 Å². The first kappa shape index (κ1) is 11.3. The van der Waals surface area contributed by atoms with Gasteiger partial charge in [-0.15, -0.1) is 0 Å². The van der Waals surface area contributed by atoms with Crippen molar-refractivity contribution in [2.45, 2.75) is 25.7 Å². The van der Waals surface area contributed by atoms with Crippen LogP contribution in [0.25, 0.3) is 0 Å². The summed E-state index contributed by atoms with van der Waals surface area (Å²) in [5.74, 6) is 0.624. The van der Waals surface area contributed by atoms with Gasteiger partial charge in [0.25, 0.3) is 0 Å². The summed E-state index contributed by atoms with van der Waals surface area (Å²) < 4.78 is 16.6. The van der Waals surface area contributed by atoms with Crippen molar-refractivity contribution < 1.29 is 19.0 Å². The van der Waals surface area contributed by atoms with Gasteiger partial charge in [0.2, 0.25) is 6.29 Å². The van der Waals surface area contributed by atoms with Crippen molar-refractivity contribution in [2.24, 2.45) is 0 Å². The molecule has 0 aromatic heterocycles. The Morgan fingerprint density at radius 3 is 3.06 bits per heavy atom. The molecule has 0 N–H and O–H groups in total. The number of carbonyl (C=O) groups excluding carboxylic acids is 1. The highest BCUT2D eigenvalue weighted by molar-refractivity contribution is 6.12. The maximum Gasteiger partial charge on any atom is 0.202 e. The highest BCUT2D eigenvalue weighted by atomic mass is 16.7. The lowest BCUT2D eigenvalue weighted by Crippen LogP contribution is -2.38. The Kier molecular flexibility index (Phi) is 2.80. The molecule has 2 heterocycles. The van der Waals surface area contributed by atoms with Crippen molar-refractivity contribution >= 4 is 5.78 Å². The number of rotatable bonds is 2. The molecule has 0 spiro atoms. The van der Waals surface area contributed by atoms with E-state index in [9.17, 15) is 4.79 Å². The number of ether oxygens (including phenoxy) is 3. The summed E-state index contributed by atoms with van der Waals surface area (Å²) in [4.78, 5) is 12.2. The molecule has 0 bridgehead atoms. The molecule has 94 valence electrons. The summed E-state index contributed by atoms with van der Waals surface area (Å²) in [6, 6.07) is 7.27. The van der Waals surface area contributed by atoms with E-state index >= 15 is 0 Å². The summed E-state index contributed by atoms with van der Waals surface area (Å²) in [7, 11) is 0. The standard InChI is InChI=1S/C14H14O4/c1-2-16-13-7-12-10(8-17-13)14(15)9-5-3-4-6-11(9)18-12/h3-6,8,12-13H,2,7H2,1H3. The molecule has 2 aliphatic rings. The summed E-state index contributed by atoms with van der Waals surface area (Å²) in [6.45, 7) is 2.48.